The van der Waals surface area contributed by atoms with Crippen LogP contribution in [0, 0.1) is 6.92 Å². The Morgan fingerprint density at radius 1 is 0.971 bits per heavy atom. The van der Waals surface area contributed by atoms with E-state index >= 15 is 0 Å². The summed E-state index contributed by atoms with van der Waals surface area (Å²) in [6, 6.07) is 5.99. The molecule has 0 aliphatic carbocycles. The number of nitrogens with one attached hydrogen (secondary N) is 4. The molecular formula is C23H36ClN5O3S2. The maximum atomic E-state index is 12.5. The van der Waals surface area contributed by atoms with Crippen LogP contribution >= 0.6 is 22.9 Å². The van der Waals surface area contributed by atoms with Crippen molar-refractivity contribution in [1.82, 2.24) is 20.7 Å². The molecule has 0 aliphatic heterocycles. The Morgan fingerprint density at radius 3 is 2.24 bits per heavy atom. The highest BCUT2D eigenvalue weighted by atomic mass is 35.5. The van der Waals surface area contributed by atoms with E-state index in [4.69, 9.17) is 17.3 Å². The Hall–Kier alpha value is -1.53. The molecule has 0 spiro atoms. The minimum atomic E-state index is -3.66. The van der Waals surface area contributed by atoms with Crippen molar-refractivity contribution in [3.8, 4) is 0 Å². The third kappa shape index (κ3) is 9.99. The molecule has 0 atom stereocenters. The molecule has 1 heterocycles. The van der Waals surface area contributed by atoms with E-state index in [0.29, 0.717) is 16.4 Å². The van der Waals surface area contributed by atoms with Gasteiger partial charge in [-0.05, 0) is 106 Å². The van der Waals surface area contributed by atoms with Crippen LogP contribution in [0.3, 0.4) is 0 Å². The largest absolute Gasteiger partial charge is 0.351 e. The van der Waals surface area contributed by atoms with Crippen molar-refractivity contribution in [2.45, 2.75) is 44.0 Å². The second kappa shape index (κ2) is 15.5. The third-order valence-corrected chi connectivity index (χ3v) is 8.05. The van der Waals surface area contributed by atoms with E-state index in [9.17, 15) is 13.2 Å². The lowest BCUT2D eigenvalue weighted by atomic mass is 10.1. The van der Waals surface area contributed by atoms with Crippen molar-refractivity contribution in [3.05, 3.63) is 50.7 Å². The molecule has 0 radical (unpaired) electrons. The second-order valence-electron chi connectivity index (χ2n) is 7.95. The lowest BCUT2D eigenvalue weighted by Gasteiger charge is -2.08. The number of amides is 1. The quantitative estimate of drug-likeness (QED) is 0.201. The Bertz CT molecular complexity index is 981. The van der Waals surface area contributed by atoms with Gasteiger partial charge in [-0.15, -0.1) is 11.3 Å². The van der Waals surface area contributed by atoms with Crippen LogP contribution in [0.1, 0.15) is 46.5 Å². The number of carbonyl (C=O) groups is 1. The van der Waals surface area contributed by atoms with Gasteiger partial charge in [-0.1, -0.05) is 11.6 Å². The molecule has 1 aromatic carbocycles. The molecule has 0 bridgehead atoms. The van der Waals surface area contributed by atoms with Crippen LogP contribution in [-0.4, -0.2) is 53.6 Å². The molecular weight excluding hydrogens is 494 g/mol. The predicted molar refractivity (Wildman–Crippen MR) is 140 cm³/mol. The molecule has 8 nitrogen and oxygen atoms in total. The van der Waals surface area contributed by atoms with Gasteiger partial charge in [-0.3, -0.25) is 4.79 Å². The fraction of sp³-hybridized carbons (Fsp3) is 0.522. The molecule has 2 aromatic rings. The number of hydrogen-bond acceptors (Lipinski definition) is 7. The van der Waals surface area contributed by atoms with E-state index in [1.54, 1.807) is 0 Å². The molecule has 0 saturated carbocycles. The normalized spacial score (nSPS) is 11.6. The molecule has 1 amide bonds. The number of nitrogens with two attached hydrogens (primary N) is 1. The molecule has 34 heavy (non-hydrogen) atoms. The molecule has 11 heteroatoms. The van der Waals surface area contributed by atoms with Crippen LogP contribution in [0.5, 0.6) is 0 Å². The van der Waals surface area contributed by atoms with E-state index in [-0.39, 0.29) is 17.3 Å². The summed E-state index contributed by atoms with van der Waals surface area (Å²) in [6.07, 6.45) is 4.10. The summed E-state index contributed by atoms with van der Waals surface area (Å²) in [4.78, 5) is 13.3. The summed E-state index contributed by atoms with van der Waals surface area (Å²) >= 11 is 7.15. The molecule has 6 N–H and O–H groups in total. The van der Waals surface area contributed by atoms with Gasteiger partial charge in [0, 0.05) is 18.1 Å². The molecule has 2 rings (SSSR count). The van der Waals surface area contributed by atoms with Crippen molar-refractivity contribution in [1.29, 1.82) is 0 Å². The highest BCUT2D eigenvalue weighted by Crippen LogP contribution is 2.22. The lowest BCUT2D eigenvalue weighted by molar-refractivity contribution is 0.0956. The van der Waals surface area contributed by atoms with Crippen molar-refractivity contribution >= 4 is 38.9 Å². The zero-order valence-corrected chi connectivity index (χ0v) is 22.1. The van der Waals surface area contributed by atoms with Crippen LogP contribution in [0.15, 0.2) is 34.5 Å². The van der Waals surface area contributed by atoms with E-state index in [0.717, 1.165) is 69.5 Å². The van der Waals surface area contributed by atoms with Gasteiger partial charge in [0.15, 0.2) is 0 Å². The monoisotopic (exact) mass is 529 g/mol. The zero-order valence-electron chi connectivity index (χ0n) is 19.7. The Labute approximate surface area is 212 Å². The van der Waals surface area contributed by atoms with Gasteiger partial charge in [-0.25, -0.2) is 13.1 Å². The number of thiophene rings is 1. The van der Waals surface area contributed by atoms with Gasteiger partial charge < -0.3 is 21.7 Å². The fourth-order valence-corrected chi connectivity index (χ4v) is 5.33. The maximum Gasteiger partial charge on any atom is 0.261 e. The van der Waals surface area contributed by atoms with E-state index in [1.807, 2.05) is 12.3 Å². The molecule has 0 saturated heterocycles. The molecule has 0 unspecified atom stereocenters. The number of hydrogen-bond donors (Lipinski definition) is 5. The topological polar surface area (TPSA) is 125 Å². The highest BCUT2D eigenvalue weighted by Gasteiger charge is 2.18. The number of benzene rings is 1. The number of sulfonamides is 1. The minimum absolute atomic E-state index is 0.118. The summed E-state index contributed by atoms with van der Waals surface area (Å²) < 4.78 is 27.5. The van der Waals surface area contributed by atoms with Crippen molar-refractivity contribution in [3.63, 3.8) is 0 Å². The maximum absolute atomic E-state index is 12.5. The summed E-state index contributed by atoms with van der Waals surface area (Å²) in [5.41, 5.74) is 7.03. The van der Waals surface area contributed by atoms with Crippen molar-refractivity contribution < 1.29 is 13.2 Å². The van der Waals surface area contributed by atoms with Gasteiger partial charge >= 0.3 is 0 Å². The lowest BCUT2D eigenvalue weighted by Crippen LogP contribution is -2.28. The number of carbonyl (C=O) groups excluding carboxylic acids is 1. The minimum Gasteiger partial charge on any atom is -0.351 e. The van der Waals surface area contributed by atoms with Crippen LogP contribution in [0.25, 0.3) is 0 Å². The first-order valence-corrected chi connectivity index (χ1v) is 14.3. The fourth-order valence-electron chi connectivity index (χ4n) is 3.19. The van der Waals surface area contributed by atoms with E-state index in [1.165, 1.54) is 35.6 Å². The van der Waals surface area contributed by atoms with Crippen LogP contribution < -0.4 is 26.4 Å². The Morgan fingerprint density at radius 2 is 1.59 bits per heavy atom. The first-order chi connectivity index (χ1) is 16.3. The van der Waals surface area contributed by atoms with Crippen LogP contribution in [0.4, 0.5) is 0 Å². The van der Waals surface area contributed by atoms with Gasteiger partial charge in [0.1, 0.15) is 0 Å². The van der Waals surface area contributed by atoms with Crippen LogP contribution in [-0.2, 0) is 16.6 Å². The van der Waals surface area contributed by atoms with Crippen LogP contribution in [0.2, 0.25) is 5.02 Å². The van der Waals surface area contributed by atoms with Gasteiger partial charge in [0.2, 0.25) is 10.0 Å². The molecule has 0 aliphatic rings. The predicted octanol–water partition coefficient (Wildman–Crippen LogP) is 2.62. The summed E-state index contributed by atoms with van der Waals surface area (Å²) in [7, 11) is -3.66. The summed E-state index contributed by atoms with van der Waals surface area (Å²) in [5, 5.41) is 12.0. The molecule has 190 valence electrons. The first-order valence-electron chi connectivity index (χ1n) is 11.6. The smallest absolute Gasteiger partial charge is 0.261 e. The SMILES string of the molecule is Cc1c(CNS(=O)(=O)c2ccc(Cl)cc2)csc1C(=O)NCCCNCCCCNCCCN. The third-order valence-electron chi connectivity index (χ3n) is 5.25. The van der Waals surface area contributed by atoms with Gasteiger partial charge in [-0.2, -0.15) is 0 Å². The zero-order chi connectivity index (χ0) is 24.8. The van der Waals surface area contributed by atoms with E-state index < -0.39 is 10.0 Å². The summed E-state index contributed by atoms with van der Waals surface area (Å²) in [5.74, 6) is -0.127. The molecule has 1 aromatic heterocycles. The second-order valence-corrected chi connectivity index (χ2v) is 11.0. The number of unbranched alkanes of at least 4 members (excludes halogenated alkanes) is 1. The van der Waals surface area contributed by atoms with Gasteiger partial charge in [0.25, 0.3) is 5.91 Å². The average molecular weight is 530 g/mol. The highest BCUT2D eigenvalue weighted by molar-refractivity contribution is 7.89. The van der Waals surface area contributed by atoms with Crippen molar-refractivity contribution in [2.75, 3.05) is 39.3 Å². The molecule has 0 fully saturated rings. The summed E-state index contributed by atoms with van der Waals surface area (Å²) in [6.45, 7) is 7.08. The van der Waals surface area contributed by atoms with E-state index in [2.05, 4.69) is 20.7 Å². The number of halogens is 1. The average Bonchev–Trinajstić information content (AvgIpc) is 3.19. The first kappa shape index (κ1) is 28.7. The van der Waals surface area contributed by atoms with Crippen molar-refractivity contribution in [2.24, 2.45) is 5.73 Å². The Balaban J connectivity index is 1.65. The van der Waals surface area contributed by atoms with Gasteiger partial charge in [0.05, 0.1) is 9.77 Å². The Kier molecular flexibility index (Phi) is 13.1. The number of rotatable bonds is 17. The standard InChI is InChI=1S/C23H36ClN5O3S2/c1-18-19(16-29-34(31,32)21-8-6-20(24)7-9-21)17-33-22(18)23(30)28-15-5-14-27-12-3-2-11-26-13-4-10-25/h6-9,17,26-27,29H,2-5,10-16,25H2,1H3,(H,28,30).